The van der Waals surface area contributed by atoms with Crippen molar-refractivity contribution in [2.24, 2.45) is 0 Å². The normalized spacial score (nSPS) is 9.11. The van der Waals surface area contributed by atoms with Crippen LogP contribution in [-0.2, 0) is 14.4 Å². The highest BCUT2D eigenvalue weighted by atomic mass is 35.5. The standard InChI is InChI=1S/C19H23NO3.C18H21NO4.C16H19NO2.C3H5ClO.6C2H6.CH4.H2/c1-6-17(21)20-15-7-9-16(10-8-15)23-19-13(4)11(2)18(22)12(3)14(19)5;1-10-12(3)18(13(4)11(2)17(10)22)23-15-7-5-14(6-8-15)19-16(21)9-20;1-9-11(3)16(12(4)10(2)15(9)18)19-14-7-5-13(17)6-8-14;1-2-3(4)5;6*1-2;;/h7-10,22H,6H2,1-5H3,(H,20,21);5-8,20,22H,9H2,1-4H3,(H,19,21);5-8,18H,17H2,1-4H3;2H2,1H3;6*1-2H3;1H4;1H. The second-order valence-corrected chi connectivity index (χ2v) is 17.2. The highest BCUT2D eigenvalue weighted by Crippen LogP contribution is 2.41. The van der Waals surface area contributed by atoms with Crippen molar-refractivity contribution in [3.05, 3.63) is 140 Å². The summed E-state index contributed by atoms with van der Waals surface area (Å²) >= 11 is 4.82. The van der Waals surface area contributed by atoms with E-state index in [2.05, 4.69) is 10.6 Å². The number of hydrogen-bond donors (Lipinski definition) is 7. The van der Waals surface area contributed by atoms with Crippen LogP contribution < -0.4 is 30.6 Å². The largest absolute Gasteiger partial charge is 0.507 e. The molecule has 0 spiro atoms. The van der Waals surface area contributed by atoms with Crippen molar-refractivity contribution in [1.29, 1.82) is 0 Å². The van der Waals surface area contributed by atoms with Crippen LogP contribution in [0.2, 0.25) is 0 Å². The molecule has 14 heteroatoms. The highest BCUT2D eigenvalue weighted by Gasteiger charge is 2.19. The molecule has 0 fully saturated rings. The lowest BCUT2D eigenvalue weighted by molar-refractivity contribution is -0.119. The van der Waals surface area contributed by atoms with E-state index in [0.29, 0.717) is 53.0 Å². The Balaban J connectivity index is -0.000000238. The van der Waals surface area contributed by atoms with E-state index >= 15 is 0 Å². The molecule has 0 aliphatic heterocycles. The van der Waals surface area contributed by atoms with Crippen molar-refractivity contribution >= 4 is 45.7 Å². The van der Waals surface area contributed by atoms with E-state index in [1.165, 1.54) is 0 Å². The van der Waals surface area contributed by atoms with Crippen LogP contribution in [-0.4, -0.2) is 44.1 Å². The number of rotatable bonds is 11. The van der Waals surface area contributed by atoms with Crippen LogP contribution in [0.3, 0.4) is 0 Å². The first-order chi connectivity index (χ1) is 38.9. The Bertz CT molecular complexity index is 2600. The van der Waals surface area contributed by atoms with Crippen LogP contribution in [0.25, 0.3) is 0 Å². The molecule has 0 atom stereocenters. The number of ether oxygens (including phenoxy) is 3. The van der Waals surface area contributed by atoms with Crippen molar-refractivity contribution in [3.63, 3.8) is 0 Å². The van der Waals surface area contributed by atoms with Gasteiger partial charge in [0.05, 0.1) is 0 Å². The molecule has 6 aromatic carbocycles. The second kappa shape index (κ2) is 46.3. The number of nitrogens with two attached hydrogens (primary N) is 1. The molecule has 0 saturated carbocycles. The number of halogens is 1. The van der Waals surface area contributed by atoms with Crippen molar-refractivity contribution in [3.8, 4) is 51.7 Å². The zero-order chi connectivity index (χ0) is 64.7. The maximum atomic E-state index is 11.4. The number of aliphatic hydroxyl groups is 1. The number of aliphatic hydroxyl groups excluding tert-OH is 1. The van der Waals surface area contributed by atoms with Crippen molar-refractivity contribution in [1.82, 2.24) is 0 Å². The van der Waals surface area contributed by atoms with Gasteiger partial charge in [0.15, 0.2) is 0 Å². The third-order valence-electron chi connectivity index (χ3n) is 12.1. The maximum absolute atomic E-state index is 11.4. The molecule has 83 heavy (non-hydrogen) atoms. The lowest BCUT2D eigenvalue weighted by atomic mass is 9.98. The zero-order valence-electron chi connectivity index (χ0n) is 54.7. The van der Waals surface area contributed by atoms with Gasteiger partial charge >= 0.3 is 0 Å². The lowest BCUT2D eigenvalue weighted by Gasteiger charge is -2.18. The first kappa shape index (κ1) is 84.6. The maximum Gasteiger partial charge on any atom is 0.250 e. The molecule has 0 aliphatic rings. The lowest BCUT2D eigenvalue weighted by Crippen LogP contribution is -2.15. The molecular formula is C69H110ClN3O10. The van der Waals surface area contributed by atoms with Crippen LogP contribution >= 0.6 is 11.6 Å². The topological polar surface area (TPSA) is 210 Å². The van der Waals surface area contributed by atoms with Gasteiger partial charge in [-0.05, 0) is 234 Å². The van der Waals surface area contributed by atoms with Crippen LogP contribution in [0.15, 0.2) is 72.8 Å². The molecule has 6 rings (SSSR count). The Labute approximate surface area is 508 Å². The average molecular weight is 1180 g/mol. The van der Waals surface area contributed by atoms with Gasteiger partial charge in [-0.1, -0.05) is 104 Å². The number of hydrogen-bond acceptors (Lipinski definition) is 11. The molecule has 8 N–H and O–H groups in total. The quantitative estimate of drug-likeness (QED) is 0.0479. The minimum atomic E-state index is -0.553. The van der Waals surface area contributed by atoms with Gasteiger partial charge in [0.2, 0.25) is 17.1 Å². The number of carbonyl (C=O) groups is 3. The molecule has 0 aromatic heterocycles. The fourth-order valence-corrected chi connectivity index (χ4v) is 6.79. The smallest absolute Gasteiger partial charge is 0.250 e. The summed E-state index contributed by atoms with van der Waals surface area (Å²) in [5, 5.41) is 44.0. The highest BCUT2D eigenvalue weighted by molar-refractivity contribution is 6.63. The summed E-state index contributed by atoms with van der Waals surface area (Å²) in [5.41, 5.74) is 18.2. The van der Waals surface area contributed by atoms with Gasteiger partial charge in [-0.3, -0.25) is 14.4 Å². The fourth-order valence-electron chi connectivity index (χ4n) is 6.79. The molecule has 0 saturated heterocycles. The van der Waals surface area contributed by atoms with E-state index in [1.54, 1.807) is 43.3 Å². The number of carbonyl (C=O) groups excluding carboxylic acids is 3. The molecule has 0 bridgehead atoms. The Morgan fingerprint density at radius 1 is 0.410 bits per heavy atom. The van der Waals surface area contributed by atoms with Crippen LogP contribution in [0.5, 0.6) is 51.7 Å². The van der Waals surface area contributed by atoms with E-state index in [-0.39, 0.29) is 20.0 Å². The number of anilines is 3. The van der Waals surface area contributed by atoms with Gasteiger partial charge in [0, 0.05) is 31.3 Å². The predicted molar refractivity (Wildman–Crippen MR) is 358 cm³/mol. The molecule has 0 heterocycles. The van der Waals surface area contributed by atoms with Crippen molar-refractivity contribution in [2.45, 2.75) is 200 Å². The van der Waals surface area contributed by atoms with E-state index < -0.39 is 12.5 Å². The molecule has 13 nitrogen and oxygen atoms in total. The SMILES string of the molecule is C.CC.CC.CC.CC.CC.CC.CCC(=O)Cl.CCC(=O)Nc1ccc(Oc2c(C)c(C)c(O)c(C)c2C)cc1.Cc1c(C)c(Oc2ccc(N)cc2)c(C)c(C)c1O.Cc1c(C)c(Oc2ccc(NC(=O)CO)cc2)c(C)c(C)c1O.[HH]. The van der Waals surface area contributed by atoms with Gasteiger partial charge in [-0.25, -0.2) is 0 Å². The summed E-state index contributed by atoms with van der Waals surface area (Å²) in [5.74, 6) is 4.85. The van der Waals surface area contributed by atoms with E-state index in [9.17, 15) is 29.7 Å². The van der Waals surface area contributed by atoms with Gasteiger partial charge < -0.3 is 51.0 Å². The first-order valence-electron chi connectivity index (χ1n) is 28.7. The fraction of sp³-hybridized carbons (Fsp3) is 0.435. The Morgan fingerprint density at radius 3 is 0.807 bits per heavy atom. The number of nitrogen functional groups attached to an aromatic ring is 1. The Kier molecular flexibility index (Phi) is 47.2. The van der Waals surface area contributed by atoms with Crippen LogP contribution in [0.4, 0.5) is 17.1 Å². The number of phenolic OH excluding ortho intramolecular Hbond substituents is 3. The summed E-state index contributed by atoms with van der Waals surface area (Å²) in [7, 11) is 0. The number of nitrogens with one attached hydrogen (secondary N) is 2. The molecule has 0 unspecified atom stereocenters. The summed E-state index contributed by atoms with van der Waals surface area (Å²) in [6.45, 7) is 49.8. The van der Waals surface area contributed by atoms with E-state index in [1.807, 2.05) is 209 Å². The summed E-state index contributed by atoms with van der Waals surface area (Å²) in [6.07, 6.45) is 0.879. The predicted octanol–water partition coefficient (Wildman–Crippen LogP) is 20.3. The van der Waals surface area contributed by atoms with Gasteiger partial charge in [-0.15, -0.1) is 0 Å². The monoisotopic (exact) mass is 1180 g/mol. The minimum absolute atomic E-state index is 0. The second-order valence-electron chi connectivity index (χ2n) is 16.8. The number of amides is 2. The van der Waals surface area contributed by atoms with E-state index in [4.69, 9.17) is 36.7 Å². The third-order valence-corrected chi connectivity index (χ3v) is 12.4. The zero-order valence-corrected chi connectivity index (χ0v) is 55.5. The number of phenols is 3. The summed E-state index contributed by atoms with van der Waals surface area (Å²) in [4.78, 5) is 32.1. The molecule has 0 radical (unpaired) electrons. The number of benzene rings is 6. The van der Waals surface area contributed by atoms with Crippen LogP contribution in [0.1, 0.15) is 185 Å². The van der Waals surface area contributed by atoms with Gasteiger partial charge in [0.25, 0.3) is 0 Å². The van der Waals surface area contributed by atoms with Gasteiger partial charge in [-0.2, -0.15) is 0 Å². The third kappa shape index (κ3) is 27.2. The minimum Gasteiger partial charge on any atom is -0.507 e. The average Bonchev–Trinajstić information content (AvgIpc) is 3.53. The Morgan fingerprint density at radius 2 is 0.614 bits per heavy atom. The van der Waals surface area contributed by atoms with Crippen molar-refractivity contribution < 1.29 is 50.4 Å². The summed E-state index contributed by atoms with van der Waals surface area (Å²) < 4.78 is 17.9. The summed E-state index contributed by atoms with van der Waals surface area (Å²) in [6, 6.07) is 21.4. The van der Waals surface area contributed by atoms with Gasteiger partial charge in [0.1, 0.15) is 58.4 Å². The molecule has 0 aliphatic carbocycles. The van der Waals surface area contributed by atoms with E-state index in [0.717, 1.165) is 95.4 Å². The molecule has 468 valence electrons. The Hall–Kier alpha value is -7.22. The van der Waals surface area contributed by atoms with Crippen molar-refractivity contribution in [2.75, 3.05) is 23.0 Å². The number of aromatic hydroxyl groups is 3. The first-order valence-corrected chi connectivity index (χ1v) is 29.1. The molecule has 2 amide bonds. The molecular weight excluding hydrogens is 1070 g/mol. The van der Waals surface area contributed by atoms with Crippen LogP contribution in [0, 0.1) is 83.1 Å². The molecule has 6 aromatic rings.